The number of carbonyl (C=O) groups is 1. The first-order valence-corrected chi connectivity index (χ1v) is 5.96. The molecule has 1 N–H and O–H groups in total. The van der Waals surface area contributed by atoms with Crippen molar-refractivity contribution < 1.29 is 4.79 Å². The zero-order valence-electron chi connectivity index (χ0n) is 10.0. The summed E-state index contributed by atoms with van der Waals surface area (Å²) in [5, 5.41) is 18.9. The molecule has 1 aromatic heterocycles. The van der Waals surface area contributed by atoms with E-state index in [1.54, 1.807) is 6.07 Å². The van der Waals surface area contributed by atoms with Gasteiger partial charge in [-0.05, 0) is 18.9 Å². The molecule has 0 saturated carbocycles. The second kappa shape index (κ2) is 6.07. The van der Waals surface area contributed by atoms with Crippen LogP contribution < -0.4 is 5.32 Å². The van der Waals surface area contributed by atoms with Crippen LogP contribution in [-0.4, -0.2) is 46.7 Å². The summed E-state index contributed by atoms with van der Waals surface area (Å²) in [4.78, 5) is 14.0. The number of aromatic nitrogens is 2. The Morgan fingerprint density at radius 1 is 1.50 bits per heavy atom. The largest absolute Gasteiger partial charge is 0.349 e. The number of rotatable bonds is 3. The van der Waals surface area contributed by atoms with E-state index in [-0.39, 0.29) is 11.9 Å². The molecule has 18 heavy (non-hydrogen) atoms. The third-order valence-corrected chi connectivity index (χ3v) is 3.06. The van der Waals surface area contributed by atoms with Crippen LogP contribution in [0.1, 0.15) is 23.2 Å². The van der Waals surface area contributed by atoms with Gasteiger partial charge < -0.3 is 5.32 Å². The molecule has 0 bridgehead atoms. The summed E-state index contributed by atoms with van der Waals surface area (Å²) in [6.07, 6.45) is 4.72. The summed E-state index contributed by atoms with van der Waals surface area (Å²) in [6.45, 7) is 2.18. The summed E-state index contributed by atoms with van der Waals surface area (Å²) in [7, 11) is 0. The lowest BCUT2D eigenvalue weighted by atomic mass is 10.0. The summed E-state index contributed by atoms with van der Waals surface area (Å²) >= 11 is 0. The molecule has 1 aromatic rings. The quantitative estimate of drug-likeness (QED) is 0.769. The first-order valence-electron chi connectivity index (χ1n) is 5.96. The Balaban J connectivity index is 1.82. The van der Waals surface area contributed by atoms with E-state index in [2.05, 4.69) is 26.5 Å². The summed E-state index contributed by atoms with van der Waals surface area (Å²) in [6, 6.07) is 3.97. The van der Waals surface area contributed by atoms with Gasteiger partial charge in [-0.25, -0.2) is 0 Å². The fourth-order valence-corrected chi connectivity index (χ4v) is 2.03. The minimum absolute atomic E-state index is 0.108. The molecule has 2 rings (SSSR count). The highest BCUT2D eigenvalue weighted by Gasteiger charge is 2.20. The number of hydrogen-bond acceptors (Lipinski definition) is 5. The Kier molecular flexibility index (Phi) is 4.20. The van der Waals surface area contributed by atoms with Gasteiger partial charge in [0.25, 0.3) is 5.91 Å². The topological polar surface area (TPSA) is 81.9 Å². The number of piperidine rings is 1. The molecular weight excluding hydrogens is 230 g/mol. The van der Waals surface area contributed by atoms with Gasteiger partial charge in [0.15, 0.2) is 0 Å². The predicted octanol–water partition coefficient (Wildman–Crippen LogP) is 0.194. The van der Waals surface area contributed by atoms with E-state index >= 15 is 0 Å². The standard InChI is InChI=1S/C12H15N5O/c13-4-8-17-6-2-11(3-7-17)16-12(18)10-1-5-14-15-9-10/h1,5,9,11H,2-3,6-8H2,(H,16,18). The Morgan fingerprint density at radius 3 is 2.89 bits per heavy atom. The van der Waals surface area contributed by atoms with Crippen molar-refractivity contribution in [1.29, 1.82) is 5.26 Å². The molecule has 94 valence electrons. The van der Waals surface area contributed by atoms with Crippen molar-refractivity contribution in [2.75, 3.05) is 19.6 Å². The molecule has 1 amide bonds. The number of nitrogens with one attached hydrogen (secondary N) is 1. The number of hydrogen-bond donors (Lipinski definition) is 1. The van der Waals surface area contributed by atoms with Crippen molar-refractivity contribution in [2.24, 2.45) is 0 Å². The molecule has 0 radical (unpaired) electrons. The minimum atomic E-state index is -0.108. The highest BCUT2D eigenvalue weighted by molar-refractivity contribution is 5.93. The van der Waals surface area contributed by atoms with Gasteiger partial charge >= 0.3 is 0 Å². The van der Waals surface area contributed by atoms with E-state index in [9.17, 15) is 4.79 Å². The van der Waals surface area contributed by atoms with E-state index in [0.717, 1.165) is 25.9 Å². The first-order chi connectivity index (χ1) is 8.79. The van der Waals surface area contributed by atoms with Crippen molar-refractivity contribution in [3.63, 3.8) is 0 Å². The first kappa shape index (κ1) is 12.5. The zero-order valence-corrected chi connectivity index (χ0v) is 10.0. The molecule has 1 aliphatic heterocycles. The number of amides is 1. The maximum Gasteiger partial charge on any atom is 0.253 e. The Morgan fingerprint density at radius 2 is 2.28 bits per heavy atom. The summed E-state index contributed by atoms with van der Waals surface area (Å²) in [5.74, 6) is -0.108. The van der Waals surface area contributed by atoms with Gasteiger partial charge in [0.1, 0.15) is 0 Å². The maximum absolute atomic E-state index is 11.9. The van der Waals surface area contributed by atoms with Crippen LogP contribution in [0.5, 0.6) is 0 Å². The van der Waals surface area contributed by atoms with E-state index in [0.29, 0.717) is 12.1 Å². The average molecular weight is 245 g/mol. The second-order valence-electron chi connectivity index (χ2n) is 4.31. The van der Waals surface area contributed by atoms with Crippen LogP contribution in [-0.2, 0) is 0 Å². The fourth-order valence-electron chi connectivity index (χ4n) is 2.03. The summed E-state index contributed by atoms with van der Waals surface area (Å²) < 4.78 is 0. The maximum atomic E-state index is 11.9. The number of nitriles is 1. The van der Waals surface area contributed by atoms with Gasteiger partial charge in [-0.1, -0.05) is 0 Å². The fraction of sp³-hybridized carbons (Fsp3) is 0.500. The number of nitrogens with zero attached hydrogens (tertiary/aromatic N) is 4. The molecule has 0 aliphatic carbocycles. The SMILES string of the molecule is N#CCN1CCC(NC(=O)c2ccnnc2)CC1. The third-order valence-electron chi connectivity index (χ3n) is 3.06. The Hall–Kier alpha value is -2.00. The molecule has 0 unspecified atom stereocenters. The van der Waals surface area contributed by atoms with Gasteiger partial charge in [0.05, 0.1) is 30.6 Å². The smallest absolute Gasteiger partial charge is 0.253 e. The molecular formula is C12H15N5O. The van der Waals surface area contributed by atoms with Crippen LogP contribution in [0.4, 0.5) is 0 Å². The van der Waals surface area contributed by atoms with Crippen LogP contribution in [0.3, 0.4) is 0 Å². The van der Waals surface area contributed by atoms with Crippen LogP contribution in [0.2, 0.25) is 0 Å². The monoisotopic (exact) mass is 245 g/mol. The van der Waals surface area contributed by atoms with Crippen LogP contribution in [0.25, 0.3) is 0 Å². The molecule has 0 aromatic carbocycles. The van der Waals surface area contributed by atoms with E-state index in [1.807, 2.05) is 0 Å². The van der Waals surface area contributed by atoms with E-state index in [4.69, 9.17) is 5.26 Å². The van der Waals surface area contributed by atoms with Crippen LogP contribution in [0.15, 0.2) is 18.5 Å². The van der Waals surface area contributed by atoms with Gasteiger partial charge in [-0.2, -0.15) is 15.5 Å². The van der Waals surface area contributed by atoms with Crippen molar-refractivity contribution in [2.45, 2.75) is 18.9 Å². The van der Waals surface area contributed by atoms with Gasteiger partial charge in [-0.15, -0.1) is 0 Å². The molecule has 6 heteroatoms. The van der Waals surface area contributed by atoms with E-state index in [1.165, 1.54) is 12.4 Å². The molecule has 0 atom stereocenters. The molecule has 0 spiro atoms. The Labute approximate surface area is 106 Å². The lowest BCUT2D eigenvalue weighted by Crippen LogP contribution is -2.44. The lowest BCUT2D eigenvalue weighted by molar-refractivity contribution is 0.0914. The number of carbonyl (C=O) groups excluding carboxylic acids is 1. The average Bonchev–Trinajstić information content (AvgIpc) is 2.42. The molecule has 1 fully saturated rings. The number of likely N-dealkylation sites (tertiary alicyclic amines) is 1. The van der Waals surface area contributed by atoms with Gasteiger partial charge in [0, 0.05) is 19.1 Å². The van der Waals surface area contributed by atoms with Crippen molar-refractivity contribution >= 4 is 5.91 Å². The van der Waals surface area contributed by atoms with Crippen molar-refractivity contribution in [3.8, 4) is 6.07 Å². The third kappa shape index (κ3) is 3.25. The van der Waals surface area contributed by atoms with Gasteiger partial charge in [0.2, 0.25) is 0 Å². The Bertz CT molecular complexity index is 434. The molecule has 6 nitrogen and oxygen atoms in total. The van der Waals surface area contributed by atoms with Crippen molar-refractivity contribution in [3.05, 3.63) is 24.0 Å². The van der Waals surface area contributed by atoms with Crippen LogP contribution in [0, 0.1) is 11.3 Å². The predicted molar refractivity (Wildman–Crippen MR) is 64.6 cm³/mol. The normalized spacial score (nSPS) is 17.1. The summed E-state index contributed by atoms with van der Waals surface area (Å²) in [5.41, 5.74) is 0.532. The van der Waals surface area contributed by atoms with Crippen molar-refractivity contribution in [1.82, 2.24) is 20.4 Å². The lowest BCUT2D eigenvalue weighted by Gasteiger charge is -2.30. The highest BCUT2D eigenvalue weighted by atomic mass is 16.1. The molecule has 1 aliphatic rings. The minimum Gasteiger partial charge on any atom is -0.349 e. The molecule has 2 heterocycles. The second-order valence-corrected chi connectivity index (χ2v) is 4.31. The highest BCUT2D eigenvalue weighted by Crippen LogP contribution is 2.10. The molecule has 1 saturated heterocycles. The van der Waals surface area contributed by atoms with Gasteiger partial charge in [-0.3, -0.25) is 9.69 Å². The zero-order chi connectivity index (χ0) is 12.8. The van der Waals surface area contributed by atoms with Crippen LogP contribution >= 0.6 is 0 Å². The van der Waals surface area contributed by atoms with E-state index < -0.39 is 0 Å².